The summed E-state index contributed by atoms with van der Waals surface area (Å²) in [5, 5.41) is 4.69. The Labute approximate surface area is 112 Å². The van der Waals surface area contributed by atoms with E-state index in [9.17, 15) is 0 Å². The fourth-order valence-electron chi connectivity index (χ4n) is 3.00. The summed E-state index contributed by atoms with van der Waals surface area (Å²) in [7, 11) is 0. The van der Waals surface area contributed by atoms with Crippen molar-refractivity contribution >= 4 is 11.0 Å². The van der Waals surface area contributed by atoms with Gasteiger partial charge in [-0.1, -0.05) is 30.3 Å². The minimum Gasteiger partial charge on any atom is -0.464 e. The van der Waals surface area contributed by atoms with Gasteiger partial charge in [-0.2, -0.15) is 0 Å². The van der Waals surface area contributed by atoms with Crippen molar-refractivity contribution in [1.29, 1.82) is 0 Å². The van der Waals surface area contributed by atoms with Gasteiger partial charge in [0.1, 0.15) is 5.58 Å². The van der Waals surface area contributed by atoms with Crippen LogP contribution in [0.1, 0.15) is 22.6 Å². The lowest BCUT2D eigenvalue weighted by molar-refractivity contribution is 0.591. The van der Waals surface area contributed by atoms with Crippen LogP contribution in [0.3, 0.4) is 0 Å². The maximum absolute atomic E-state index is 5.41. The lowest BCUT2D eigenvalue weighted by atomic mass is 9.85. The first-order valence-electron chi connectivity index (χ1n) is 6.67. The summed E-state index contributed by atoms with van der Waals surface area (Å²) in [5.74, 6) is 0.434. The molecule has 0 aliphatic carbocycles. The third-order valence-electron chi connectivity index (χ3n) is 3.97. The number of rotatable bonds is 1. The molecule has 3 aromatic rings. The van der Waals surface area contributed by atoms with Crippen LogP contribution in [-0.2, 0) is 6.54 Å². The minimum atomic E-state index is 0.434. The summed E-state index contributed by atoms with van der Waals surface area (Å²) in [4.78, 5) is 0. The smallest absolute Gasteiger partial charge is 0.133 e. The Morgan fingerprint density at radius 3 is 3.00 bits per heavy atom. The molecule has 0 saturated heterocycles. The van der Waals surface area contributed by atoms with Gasteiger partial charge in [-0.05, 0) is 34.9 Å². The maximum Gasteiger partial charge on any atom is 0.133 e. The highest BCUT2D eigenvalue weighted by Gasteiger charge is 2.21. The molecule has 19 heavy (non-hydrogen) atoms. The van der Waals surface area contributed by atoms with Gasteiger partial charge in [0.2, 0.25) is 0 Å². The predicted molar refractivity (Wildman–Crippen MR) is 76.2 cm³/mol. The van der Waals surface area contributed by atoms with E-state index in [-0.39, 0.29) is 0 Å². The number of hydrogen-bond donors (Lipinski definition) is 1. The molecule has 0 radical (unpaired) electrons. The third kappa shape index (κ3) is 1.76. The lowest BCUT2D eigenvalue weighted by Crippen LogP contribution is -2.28. The monoisotopic (exact) mass is 249 g/mol. The van der Waals surface area contributed by atoms with Crippen LogP contribution in [0.15, 0.2) is 59.2 Å². The largest absolute Gasteiger partial charge is 0.464 e. The van der Waals surface area contributed by atoms with Crippen molar-refractivity contribution in [2.75, 3.05) is 6.54 Å². The highest BCUT2D eigenvalue weighted by Crippen LogP contribution is 2.31. The van der Waals surface area contributed by atoms with Gasteiger partial charge in [0, 0.05) is 24.4 Å². The molecule has 0 amide bonds. The number of benzene rings is 2. The van der Waals surface area contributed by atoms with E-state index in [0.717, 1.165) is 18.7 Å². The molecule has 0 fully saturated rings. The molecule has 0 bridgehead atoms. The predicted octanol–water partition coefficient (Wildman–Crippen LogP) is 3.67. The molecular weight excluding hydrogens is 234 g/mol. The normalized spacial score (nSPS) is 18.4. The average molecular weight is 249 g/mol. The van der Waals surface area contributed by atoms with Crippen LogP contribution in [0, 0.1) is 0 Å². The molecule has 0 saturated carbocycles. The van der Waals surface area contributed by atoms with E-state index in [0.29, 0.717) is 5.92 Å². The Morgan fingerprint density at radius 2 is 2.00 bits per heavy atom. The summed E-state index contributed by atoms with van der Waals surface area (Å²) in [6.45, 7) is 1.97. The summed E-state index contributed by atoms with van der Waals surface area (Å²) in [5.41, 5.74) is 5.17. The number of furan rings is 1. The van der Waals surface area contributed by atoms with Crippen LogP contribution in [-0.4, -0.2) is 6.54 Å². The van der Waals surface area contributed by atoms with Crippen LogP contribution in [0.4, 0.5) is 0 Å². The number of hydrogen-bond acceptors (Lipinski definition) is 2. The van der Waals surface area contributed by atoms with Gasteiger partial charge in [0.15, 0.2) is 0 Å². The van der Waals surface area contributed by atoms with Crippen LogP contribution >= 0.6 is 0 Å². The van der Waals surface area contributed by atoms with Gasteiger partial charge in [0.05, 0.1) is 6.26 Å². The summed E-state index contributed by atoms with van der Waals surface area (Å²) in [6.07, 6.45) is 1.75. The molecule has 1 aliphatic rings. The van der Waals surface area contributed by atoms with Crippen molar-refractivity contribution in [3.05, 3.63) is 71.5 Å². The fraction of sp³-hybridized carbons (Fsp3) is 0.176. The van der Waals surface area contributed by atoms with E-state index in [1.54, 1.807) is 6.26 Å². The van der Waals surface area contributed by atoms with E-state index in [1.807, 2.05) is 6.07 Å². The molecule has 1 aliphatic heterocycles. The molecule has 94 valence electrons. The topological polar surface area (TPSA) is 25.2 Å². The first-order valence-corrected chi connectivity index (χ1v) is 6.67. The van der Waals surface area contributed by atoms with Crippen molar-refractivity contribution < 1.29 is 4.42 Å². The standard InChI is InChI=1S/C17H15NO/c1-2-4-15-14(3-1)10-18-11-16(15)12-5-6-17-13(9-12)7-8-19-17/h1-9,16,18H,10-11H2/t16-/m0/s1. The first-order chi connectivity index (χ1) is 9.42. The quantitative estimate of drug-likeness (QED) is 0.712. The second-order valence-corrected chi connectivity index (χ2v) is 5.10. The van der Waals surface area contributed by atoms with Crippen LogP contribution in [0.25, 0.3) is 11.0 Å². The van der Waals surface area contributed by atoms with Crippen molar-refractivity contribution in [3.63, 3.8) is 0 Å². The Kier molecular flexibility index (Phi) is 2.42. The van der Waals surface area contributed by atoms with E-state index in [2.05, 4.69) is 47.8 Å². The molecule has 2 aromatic carbocycles. The van der Waals surface area contributed by atoms with Crippen molar-refractivity contribution in [3.8, 4) is 0 Å². The second-order valence-electron chi connectivity index (χ2n) is 5.10. The second kappa shape index (κ2) is 4.25. The van der Waals surface area contributed by atoms with Crippen LogP contribution in [0.2, 0.25) is 0 Å². The SMILES string of the molecule is c1ccc2c(c1)CNC[C@H]2c1ccc2occc2c1. The van der Waals surface area contributed by atoms with E-state index < -0.39 is 0 Å². The Bertz CT molecular complexity index is 729. The molecule has 1 N–H and O–H groups in total. The molecule has 4 rings (SSSR count). The molecule has 1 aromatic heterocycles. The highest BCUT2D eigenvalue weighted by atomic mass is 16.3. The minimum absolute atomic E-state index is 0.434. The lowest BCUT2D eigenvalue weighted by Gasteiger charge is -2.26. The fourth-order valence-corrected chi connectivity index (χ4v) is 3.00. The summed E-state index contributed by atoms with van der Waals surface area (Å²) in [6, 6.07) is 17.2. The molecule has 0 spiro atoms. The van der Waals surface area contributed by atoms with Crippen LogP contribution < -0.4 is 5.32 Å². The zero-order valence-electron chi connectivity index (χ0n) is 10.6. The van der Waals surface area contributed by atoms with E-state index in [4.69, 9.17) is 4.42 Å². The average Bonchev–Trinajstić information content (AvgIpc) is 2.94. The molecule has 2 heterocycles. The molecule has 1 atom stereocenters. The zero-order chi connectivity index (χ0) is 12.7. The Balaban J connectivity index is 1.84. The third-order valence-corrected chi connectivity index (χ3v) is 3.97. The van der Waals surface area contributed by atoms with E-state index in [1.165, 1.54) is 22.1 Å². The van der Waals surface area contributed by atoms with Gasteiger partial charge in [0.25, 0.3) is 0 Å². The van der Waals surface area contributed by atoms with Crippen molar-refractivity contribution in [1.82, 2.24) is 5.32 Å². The molecule has 0 unspecified atom stereocenters. The Morgan fingerprint density at radius 1 is 1.05 bits per heavy atom. The molecular formula is C17H15NO. The molecule has 2 nitrogen and oxygen atoms in total. The van der Waals surface area contributed by atoms with Gasteiger partial charge in [-0.25, -0.2) is 0 Å². The zero-order valence-corrected chi connectivity index (χ0v) is 10.6. The van der Waals surface area contributed by atoms with Crippen LogP contribution in [0.5, 0.6) is 0 Å². The van der Waals surface area contributed by atoms with Crippen molar-refractivity contribution in [2.24, 2.45) is 0 Å². The first kappa shape index (κ1) is 10.8. The van der Waals surface area contributed by atoms with Crippen molar-refractivity contribution in [2.45, 2.75) is 12.5 Å². The van der Waals surface area contributed by atoms with Gasteiger partial charge >= 0.3 is 0 Å². The molecule has 2 heteroatoms. The summed E-state index contributed by atoms with van der Waals surface area (Å²) < 4.78 is 5.41. The number of fused-ring (bicyclic) bond motifs is 2. The van der Waals surface area contributed by atoms with E-state index >= 15 is 0 Å². The van der Waals surface area contributed by atoms with Gasteiger partial charge < -0.3 is 9.73 Å². The summed E-state index contributed by atoms with van der Waals surface area (Å²) >= 11 is 0. The number of nitrogens with one attached hydrogen (secondary N) is 1. The van der Waals surface area contributed by atoms with Gasteiger partial charge in [-0.15, -0.1) is 0 Å². The van der Waals surface area contributed by atoms with Gasteiger partial charge in [-0.3, -0.25) is 0 Å². The Hall–Kier alpha value is -2.06. The highest BCUT2D eigenvalue weighted by molar-refractivity contribution is 5.78. The maximum atomic E-state index is 5.41.